The van der Waals surface area contributed by atoms with Gasteiger partial charge in [0.15, 0.2) is 0 Å². The third kappa shape index (κ3) is 3.00. The number of nitrogens with zero attached hydrogens (tertiary/aromatic N) is 2. The van der Waals surface area contributed by atoms with E-state index >= 15 is 0 Å². The van der Waals surface area contributed by atoms with Gasteiger partial charge in [0.2, 0.25) is 0 Å². The number of rotatable bonds is 4. The molecule has 3 heteroatoms. The summed E-state index contributed by atoms with van der Waals surface area (Å²) in [5.74, 6) is 0. The van der Waals surface area contributed by atoms with E-state index in [-0.39, 0.29) is 12.0 Å². The van der Waals surface area contributed by atoms with Crippen LogP contribution in [0.4, 0.5) is 5.69 Å². The van der Waals surface area contributed by atoms with Gasteiger partial charge in [0.05, 0.1) is 0 Å². The van der Waals surface area contributed by atoms with Crippen molar-refractivity contribution in [3.8, 4) is 0 Å². The first-order chi connectivity index (χ1) is 6.55. The van der Waals surface area contributed by atoms with E-state index in [9.17, 15) is 0 Å². The molecule has 0 saturated heterocycles. The topological polar surface area (TPSA) is 36.4 Å². The van der Waals surface area contributed by atoms with E-state index in [0.717, 1.165) is 12.2 Å². The number of hydrogen-bond donors (Lipinski definition) is 1. The van der Waals surface area contributed by atoms with Gasteiger partial charge in [0, 0.05) is 43.7 Å². The highest BCUT2D eigenvalue weighted by Gasteiger charge is 2.18. The van der Waals surface area contributed by atoms with Gasteiger partial charge in [-0.15, -0.1) is 0 Å². The molecule has 0 aliphatic rings. The molecular formula is C11H18N2O. The van der Waals surface area contributed by atoms with E-state index in [1.165, 1.54) is 0 Å². The number of anilines is 1. The molecule has 1 N–H and O–H groups in total. The Hall–Kier alpha value is -1.09. The number of aromatic nitrogens is 1. The van der Waals surface area contributed by atoms with Crippen molar-refractivity contribution in [1.29, 1.82) is 0 Å². The normalized spacial score (nSPS) is 11.4. The molecule has 0 saturated carbocycles. The molecule has 78 valence electrons. The molecule has 0 aromatic carbocycles. The van der Waals surface area contributed by atoms with Gasteiger partial charge in [-0.2, -0.15) is 0 Å². The minimum absolute atomic E-state index is 0.0714. The largest absolute Gasteiger partial charge is 0.396 e. The van der Waals surface area contributed by atoms with E-state index in [2.05, 4.69) is 9.88 Å². The molecule has 14 heavy (non-hydrogen) atoms. The van der Waals surface area contributed by atoms with E-state index in [4.69, 9.17) is 5.11 Å². The van der Waals surface area contributed by atoms with Gasteiger partial charge in [-0.3, -0.25) is 4.98 Å². The molecule has 0 fully saturated rings. The molecule has 0 bridgehead atoms. The lowest BCUT2D eigenvalue weighted by molar-refractivity contribution is 0.165. The summed E-state index contributed by atoms with van der Waals surface area (Å²) in [4.78, 5) is 6.09. The first kappa shape index (κ1) is 11.0. The van der Waals surface area contributed by atoms with Crippen LogP contribution in [0.2, 0.25) is 0 Å². The van der Waals surface area contributed by atoms with Crippen LogP contribution in [0.3, 0.4) is 0 Å². The van der Waals surface area contributed by atoms with E-state index in [1.807, 2.05) is 33.0 Å². The van der Waals surface area contributed by atoms with Crippen molar-refractivity contribution < 1.29 is 5.11 Å². The second kappa shape index (κ2) is 4.42. The molecule has 0 amide bonds. The van der Waals surface area contributed by atoms with Gasteiger partial charge in [-0.25, -0.2) is 0 Å². The molecule has 0 atom stereocenters. The lowest BCUT2D eigenvalue weighted by Gasteiger charge is -2.29. The van der Waals surface area contributed by atoms with Crippen molar-refractivity contribution in [2.24, 2.45) is 5.41 Å². The number of pyridine rings is 1. The summed E-state index contributed by atoms with van der Waals surface area (Å²) in [6.07, 6.45) is 3.55. The summed E-state index contributed by atoms with van der Waals surface area (Å²) in [6.45, 7) is 5.12. The molecule has 0 aliphatic heterocycles. The molecule has 1 rings (SSSR count). The van der Waals surface area contributed by atoms with Crippen molar-refractivity contribution in [3.05, 3.63) is 24.5 Å². The van der Waals surface area contributed by atoms with Crippen LogP contribution in [0.25, 0.3) is 0 Å². The first-order valence-corrected chi connectivity index (χ1v) is 4.77. The van der Waals surface area contributed by atoms with Gasteiger partial charge >= 0.3 is 0 Å². The monoisotopic (exact) mass is 194 g/mol. The maximum Gasteiger partial charge on any atom is 0.0499 e. The molecular weight excluding hydrogens is 176 g/mol. The second-order valence-corrected chi connectivity index (χ2v) is 4.38. The number of aliphatic hydroxyl groups excluding tert-OH is 1. The number of aliphatic hydroxyl groups is 1. The Balaban J connectivity index is 2.64. The van der Waals surface area contributed by atoms with Crippen molar-refractivity contribution in [2.75, 3.05) is 25.1 Å². The zero-order valence-electron chi connectivity index (χ0n) is 9.07. The van der Waals surface area contributed by atoms with Gasteiger partial charge in [-0.1, -0.05) is 13.8 Å². The molecule has 3 nitrogen and oxygen atoms in total. The Morgan fingerprint density at radius 3 is 2.43 bits per heavy atom. The van der Waals surface area contributed by atoms with Crippen LogP contribution >= 0.6 is 0 Å². The lowest BCUT2D eigenvalue weighted by Crippen LogP contribution is -2.33. The third-order valence-electron chi connectivity index (χ3n) is 2.20. The van der Waals surface area contributed by atoms with E-state index < -0.39 is 0 Å². The van der Waals surface area contributed by atoms with Gasteiger partial charge in [0.25, 0.3) is 0 Å². The van der Waals surface area contributed by atoms with Gasteiger partial charge in [-0.05, 0) is 12.1 Å². The molecule has 1 heterocycles. The summed E-state index contributed by atoms with van der Waals surface area (Å²) >= 11 is 0. The average Bonchev–Trinajstić information content (AvgIpc) is 2.19. The summed E-state index contributed by atoms with van der Waals surface area (Å²) in [5, 5.41) is 9.15. The lowest BCUT2D eigenvalue weighted by atomic mass is 9.94. The fourth-order valence-corrected chi connectivity index (χ4v) is 1.38. The maximum atomic E-state index is 9.15. The Labute approximate surface area is 85.4 Å². The Morgan fingerprint density at radius 1 is 1.36 bits per heavy atom. The highest BCUT2D eigenvalue weighted by atomic mass is 16.3. The molecule has 0 unspecified atom stereocenters. The average molecular weight is 194 g/mol. The van der Waals surface area contributed by atoms with E-state index in [0.29, 0.717) is 0 Å². The molecule has 0 spiro atoms. The molecule has 0 aliphatic carbocycles. The standard InChI is InChI=1S/C11H18N2O/c1-11(2,9-14)8-13(3)10-4-6-12-7-5-10/h4-7,14H,8-9H2,1-3H3. The SMILES string of the molecule is CN(CC(C)(C)CO)c1ccncc1. The Morgan fingerprint density at radius 2 is 1.93 bits per heavy atom. The van der Waals surface area contributed by atoms with Crippen molar-refractivity contribution >= 4 is 5.69 Å². The predicted octanol–water partition coefficient (Wildman–Crippen LogP) is 1.54. The summed E-state index contributed by atoms with van der Waals surface area (Å²) in [5.41, 5.74) is 1.06. The Kier molecular flexibility index (Phi) is 3.47. The van der Waals surface area contributed by atoms with E-state index in [1.54, 1.807) is 12.4 Å². The molecule has 0 radical (unpaired) electrons. The van der Waals surface area contributed by atoms with Crippen LogP contribution < -0.4 is 4.90 Å². The fraction of sp³-hybridized carbons (Fsp3) is 0.545. The van der Waals surface area contributed by atoms with Crippen LogP contribution in [-0.4, -0.2) is 30.3 Å². The number of hydrogen-bond acceptors (Lipinski definition) is 3. The van der Waals surface area contributed by atoms with Crippen LogP contribution in [0.15, 0.2) is 24.5 Å². The van der Waals surface area contributed by atoms with Crippen molar-refractivity contribution in [1.82, 2.24) is 4.98 Å². The summed E-state index contributed by atoms with van der Waals surface area (Å²) in [6, 6.07) is 3.93. The highest BCUT2D eigenvalue weighted by Crippen LogP contribution is 2.19. The van der Waals surface area contributed by atoms with Crippen molar-refractivity contribution in [3.63, 3.8) is 0 Å². The van der Waals surface area contributed by atoms with Crippen LogP contribution in [0.1, 0.15) is 13.8 Å². The smallest absolute Gasteiger partial charge is 0.0499 e. The predicted molar refractivity (Wildman–Crippen MR) is 58.4 cm³/mol. The quantitative estimate of drug-likeness (QED) is 0.789. The zero-order chi connectivity index (χ0) is 10.6. The van der Waals surface area contributed by atoms with Crippen LogP contribution in [-0.2, 0) is 0 Å². The van der Waals surface area contributed by atoms with Gasteiger partial charge in [0.1, 0.15) is 0 Å². The third-order valence-corrected chi connectivity index (χ3v) is 2.20. The van der Waals surface area contributed by atoms with Crippen LogP contribution in [0, 0.1) is 5.41 Å². The van der Waals surface area contributed by atoms with Crippen molar-refractivity contribution in [2.45, 2.75) is 13.8 Å². The molecule has 1 aromatic rings. The summed E-state index contributed by atoms with van der Waals surface area (Å²) in [7, 11) is 2.02. The molecule has 1 aromatic heterocycles. The minimum Gasteiger partial charge on any atom is -0.396 e. The zero-order valence-corrected chi connectivity index (χ0v) is 9.07. The first-order valence-electron chi connectivity index (χ1n) is 4.77. The Bertz CT molecular complexity index is 272. The van der Waals surface area contributed by atoms with Gasteiger partial charge < -0.3 is 10.0 Å². The minimum atomic E-state index is -0.0714. The maximum absolute atomic E-state index is 9.15. The second-order valence-electron chi connectivity index (χ2n) is 4.38. The fourth-order valence-electron chi connectivity index (χ4n) is 1.38. The summed E-state index contributed by atoms with van der Waals surface area (Å²) < 4.78 is 0. The highest BCUT2D eigenvalue weighted by molar-refractivity contribution is 5.43. The van der Waals surface area contributed by atoms with Crippen LogP contribution in [0.5, 0.6) is 0 Å².